The Hall–Kier alpha value is -0.900. The second-order valence-corrected chi connectivity index (χ2v) is 12.4. The van der Waals surface area contributed by atoms with Crippen molar-refractivity contribution in [1.29, 1.82) is 0 Å². The molecule has 176 valence electrons. The van der Waals surface area contributed by atoms with Crippen LogP contribution in [0.2, 0.25) is 0 Å². The lowest BCUT2D eigenvalue weighted by atomic mass is 10.0. The molecule has 3 aromatic heterocycles. The second-order valence-electron chi connectivity index (χ2n) is 9.19. The Morgan fingerprint density at radius 2 is 1.16 bits per heavy atom. The van der Waals surface area contributed by atoms with Gasteiger partial charge in [-0.2, -0.15) is 0 Å². The van der Waals surface area contributed by atoms with Gasteiger partial charge in [0.05, 0.1) is 0 Å². The number of unbranched alkanes of at least 4 members (excludes halogenated alkanes) is 10. The predicted molar refractivity (Wildman–Crippen MR) is 150 cm³/mol. The molecule has 0 saturated carbocycles. The fraction of sp³-hybridized carbons (Fsp3) is 0.586. The Labute approximate surface area is 209 Å². The molecule has 3 heterocycles. The highest BCUT2D eigenvalue weighted by Crippen LogP contribution is 2.43. The molecule has 0 atom stereocenters. The first-order valence-electron chi connectivity index (χ1n) is 13.0. The van der Waals surface area contributed by atoms with Crippen molar-refractivity contribution in [2.75, 3.05) is 0 Å². The molecule has 3 heteroatoms. The number of thiophene rings is 3. The van der Waals surface area contributed by atoms with E-state index in [-0.39, 0.29) is 0 Å². The third kappa shape index (κ3) is 7.85. The SMILES string of the molecule is CCCCCCCCc1ccsc1-c1ccc(-c2sc(C)cc2CCCCCCCC)s1. The Morgan fingerprint density at radius 3 is 1.81 bits per heavy atom. The lowest BCUT2D eigenvalue weighted by Gasteiger charge is -2.04. The molecule has 0 fully saturated rings. The quantitative estimate of drug-likeness (QED) is 0.177. The van der Waals surface area contributed by atoms with Crippen LogP contribution in [0.15, 0.2) is 29.6 Å². The summed E-state index contributed by atoms with van der Waals surface area (Å²) in [6.45, 7) is 6.86. The number of hydrogen-bond acceptors (Lipinski definition) is 3. The van der Waals surface area contributed by atoms with Crippen LogP contribution in [0.3, 0.4) is 0 Å². The molecule has 0 unspecified atom stereocenters. The van der Waals surface area contributed by atoms with Crippen LogP contribution >= 0.6 is 34.0 Å². The largest absolute Gasteiger partial charge is 0.143 e. The first-order chi connectivity index (χ1) is 15.7. The van der Waals surface area contributed by atoms with Gasteiger partial charge >= 0.3 is 0 Å². The van der Waals surface area contributed by atoms with E-state index in [0.29, 0.717) is 0 Å². The van der Waals surface area contributed by atoms with Crippen molar-refractivity contribution >= 4 is 34.0 Å². The average molecular weight is 487 g/mol. The Balaban J connectivity index is 1.59. The van der Waals surface area contributed by atoms with Gasteiger partial charge in [-0.1, -0.05) is 78.1 Å². The standard InChI is InChI=1S/C29H42S3/c1-4-6-8-10-12-14-16-24-20-21-30-28(24)26-18-19-27(32-26)29-25(22-23(3)31-29)17-15-13-11-9-7-5-2/h18-22H,4-17H2,1-3H3. The minimum Gasteiger partial charge on any atom is -0.143 e. The third-order valence-corrected chi connectivity index (χ3v) is 9.83. The van der Waals surface area contributed by atoms with Crippen molar-refractivity contribution in [2.24, 2.45) is 0 Å². The molecule has 0 aliphatic rings. The van der Waals surface area contributed by atoms with Crippen LogP contribution in [-0.2, 0) is 12.8 Å². The van der Waals surface area contributed by atoms with Crippen LogP contribution in [0.25, 0.3) is 19.5 Å². The monoisotopic (exact) mass is 486 g/mol. The molecule has 0 nitrogen and oxygen atoms in total. The highest BCUT2D eigenvalue weighted by molar-refractivity contribution is 7.26. The Kier molecular flexibility index (Phi) is 11.6. The van der Waals surface area contributed by atoms with Crippen molar-refractivity contribution in [1.82, 2.24) is 0 Å². The minimum atomic E-state index is 1.24. The van der Waals surface area contributed by atoms with Gasteiger partial charge < -0.3 is 0 Å². The zero-order valence-electron chi connectivity index (χ0n) is 20.5. The average Bonchev–Trinajstić information content (AvgIpc) is 3.52. The summed E-state index contributed by atoms with van der Waals surface area (Å²) in [7, 11) is 0. The Morgan fingerprint density at radius 1 is 0.594 bits per heavy atom. The zero-order valence-corrected chi connectivity index (χ0v) is 23.0. The molecular formula is C29H42S3. The molecule has 0 saturated heterocycles. The molecule has 0 radical (unpaired) electrons. The van der Waals surface area contributed by atoms with E-state index in [2.05, 4.69) is 50.4 Å². The van der Waals surface area contributed by atoms with Gasteiger partial charge in [-0.3, -0.25) is 0 Å². The van der Waals surface area contributed by atoms with Crippen molar-refractivity contribution < 1.29 is 0 Å². The van der Waals surface area contributed by atoms with Gasteiger partial charge in [0.2, 0.25) is 0 Å². The van der Waals surface area contributed by atoms with E-state index >= 15 is 0 Å². The second kappa shape index (κ2) is 14.4. The van der Waals surface area contributed by atoms with Crippen molar-refractivity contribution in [2.45, 2.75) is 111 Å². The summed E-state index contributed by atoms with van der Waals surface area (Å²) in [5, 5.41) is 2.29. The van der Waals surface area contributed by atoms with Crippen LogP contribution in [-0.4, -0.2) is 0 Å². The number of hydrogen-bond donors (Lipinski definition) is 0. The summed E-state index contributed by atoms with van der Waals surface area (Å²) in [4.78, 5) is 7.43. The number of aryl methyl sites for hydroxylation is 3. The molecule has 0 bridgehead atoms. The maximum Gasteiger partial charge on any atom is 0.0477 e. The molecular weight excluding hydrogens is 445 g/mol. The van der Waals surface area contributed by atoms with E-state index in [0.717, 1.165) is 0 Å². The van der Waals surface area contributed by atoms with E-state index in [1.807, 2.05) is 34.0 Å². The molecule has 3 rings (SSSR count). The van der Waals surface area contributed by atoms with Crippen LogP contribution in [0.1, 0.15) is 107 Å². The van der Waals surface area contributed by atoms with E-state index in [1.165, 1.54) is 114 Å². The summed E-state index contributed by atoms with van der Waals surface area (Å²) < 4.78 is 0. The van der Waals surface area contributed by atoms with Crippen molar-refractivity contribution in [3.63, 3.8) is 0 Å². The van der Waals surface area contributed by atoms with Crippen LogP contribution < -0.4 is 0 Å². The van der Waals surface area contributed by atoms with Crippen LogP contribution in [0.4, 0.5) is 0 Å². The maximum absolute atomic E-state index is 2.44. The van der Waals surface area contributed by atoms with Crippen molar-refractivity contribution in [3.05, 3.63) is 45.6 Å². The zero-order chi connectivity index (χ0) is 22.6. The van der Waals surface area contributed by atoms with Crippen LogP contribution in [0, 0.1) is 6.92 Å². The van der Waals surface area contributed by atoms with E-state index in [4.69, 9.17) is 0 Å². The molecule has 0 aliphatic heterocycles. The van der Waals surface area contributed by atoms with Gasteiger partial charge in [-0.15, -0.1) is 34.0 Å². The van der Waals surface area contributed by atoms with E-state index < -0.39 is 0 Å². The predicted octanol–water partition coefficient (Wildman–Crippen LogP) is 11.3. The Bertz CT molecular complexity index is 895. The van der Waals surface area contributed by atoms with Crippen molar-refractivity contribution in [3.8, 4) is 19.5 Å². The van der Waals surface area contributed by atoms with Gasteiger partial charge in [0.25, 0.3) is 0 Å². The summed E-state index contributed by atoms with van der Waals surface area (Å²) in [6, 6.07) is 9.57. The van der Waals surface area contributed by atoms with E-state index in [9.17, 15) is 0 Å². The highest BCUT2D eigenvalue weighted by atomic mass is 32.1. The summed E-state index contributed by atoms with van der Waals surface area (Å²) >= 11 is 5.93. The van der Waals surface area contributed by atoms with Gasteiger partial charge in [0, 0.05) is 24.4 Å². The fourth-order valence-electron chi connectivity index (χ4n) is 4.48. The van der Waals surface area contributed by atoms with Gasteiger partial charge in [0.15, 0.2) is 0 Å². The molecule has 0 spiro atoms. The molecule has 0 aromatic carbocycles. The normalized spacial score (nSPS) is 11.5. The van der Waals surface area contributed by atoms with E-state index in [1.54, 1.807) is 11.1 Å². The lowest BCUT2D eigenvalue weighted by Crippen LogP contribution is -1.86. The molecule has 0 amide bonds. The van der Waals surface area contributed by atoms with Gasteiger partial charge in [-0.05, 0) is 73.4 Å². The third-order valence-electron chi connectivity index (χ3n) is 6.33. The molecule has 0 aliphatic carbocycles. The molecule has 3 aromatic rings. The molecule has 32 heavy (non-hydrogen) atoms. The fourth-order valence-corrected chi connectivity index (χ4v) is 7.82. The summed E-state index contributed by atoms with van der Waals surface area (Å²) in [5.74, 6) is 0. The summed E-state index contributed by atoms with van der Waals surface area (Å²) in [6.07, 6.45) is 18.9. The number of rotatable bonds is 16. The maximum atomic E-state index is 2.44. The lowest BCUT2D eigenvalue weighted by molar-refractivity contribution is 0.608. The highest BCUT2D eigenvalue weighted by Gasteiger charge is 2.15. The smallest absolute Gasteiger partial charge is 0.0477 e. The first-order valence-corrected chi connectivity index (χ1v) is 15.5. The minimum absolute atomic E-state index is 1.24. The first kappa shape index (κ1) is 25.7. The van der Waals surface area contributed by atoms with Gasteiger partial charge in [0.1, 0.15) is 0 Å². The topological polar surface area (TPSA) is 0 Å². The summed E-state index contributed by atoms with van der Waals surface area (Å²) in [5.41, 5.74) is 3.14. The van der Waals surface area contributed by atoms with Gasteiger partial charge in [-0.25, -0.2) is 0 Å². The molecule has 0 N–H and O–H groups in total. The van der Waals surface area contributed by atoms with Crippen LogP contribution in [0.5, 0.6) is 0 Å².